The van der Waals surface area contributed by atoms with Crippen molar-refractivity contribution in [2.75, 3.05) is 13.1 Å². The van der Waals surface area contributed by atoms with Crippen LogP contribution in [0, 0.1) is 5.92 Å². The van der Waals surface area contributed by atoms with E-state index in [4.69, 9.17) is 5.11 Å². The molecule has 0 aliphatic carbocycles. The van der Waals surface area contributed by atoms with Crippen LogP contribution in [0.3, 0.4) is 0 Å². The highest BCUT2D eigenvalue weighted by molar-refractivity contribution is 5.96. The van der Waals surface area contributed by atoms with Crippen molar-refractivity contribution in [3.63, 3.8) is 0 Å². The lowest BCUT2D eigenvalue weighted by molar-refractivity contribution is -0.141. The Morgan fingerprint density at radius 3 is 2.50 bits per heavy atom. The third-order valence-electron chi connectivity index (χ3n) is 3.44. The normalized spacial score (nSPS) is 11.6. The number of benzene rings is 1. The van der Waals surface area contributed by atoms with E-state index in [1.54, 1.807) is 0 Å². The van der Waals surface area contributed by atoms with E-state index >= 15 is 0 Å². The van der Waals surface area contributed by atoms with Crippen molar-refractivity contribution in [3.05, 3.63) is 47.8 Å². The van der Waals surface area contributed by atoms with Crippen LogP contribution in [0.15, 0.2) is 36.5 Å². The van der Waals surface area contributed by atoms with E-state index < -0.39 is 30.3 Å². The molecule has 0 saturated carbocycles. The Morgan fingerprint density at radius 1 is 1.27 bits per heavy atom. The summed E-state index contributed by atoms with van der Waals surface area (Å²) in [5, 5.41) is 12.5. The van der Waals surface area contributed by atoms with E-state index in [9.17, 15) is 22.8 Å². The Balaban J connectivity index is 2.30. The lowest BCUT2D eigenvalue weighted by Crippen LogP contribution is -2.38. The Bertz CT molecular complexity index is 800. The highest BCUT2D eigenvalue weighted by atomic mass is 19.4. The van der Waals surface area contributed by atoms with E-state index in [1.807, 2.05) is 13.8 Å². The molecular weight excluding hydrogens is 351 g/mol. The maximum absolute atomic E-state index is 12.7. The van der Waals surface area contributed by atoms with Crippen molar-refractivity contribution in [1.29, 1.82) is 0 Å². The number of aromatic nitrogens is 2. The minimum atomic E-state index is -4.56. The molecule has 0 unspecified atom stereocenters. The average molecular weight is 369 g/mol. The largest absolute Gasteiger partial charge is 0.480 e. The zero-order valence-electron chi connectivity index (χ0n) is 14.2. The molecule has 1 N–H and O–H groups in total. The molecular formula is C17H18F3N3O3. The first kappa shape index (κ1) is 19.5. The second-order valence-corrected chi connectivity index (χ2v) is 6.17. The van der Waals surface area contributed by atoms with Gasteiger partial charge in [-0.2, -0.15) is 18.3 Å². The minimum absolute atomic E-state index is 0.0574. The molecule has 0 spiro atoms. The summed E-state index contributed by atoms with van der Waals surface area (Å²) in [7, 11) is 0. The predicted octanol–water partition coefficient (Wildman–Crippen LogP) is 3.07. The van der Waals surface area contributed by atoms with E-state index in [1.165, 1.54) is 29.2 Å². The zero-order chi connectivity index (χ0) is 19.5. The lowest BCUT2D eigenvalue weighted by atomic mass is 10.1. The fourth-order valence-electron chi connectivity index (χ4n) is 2.41. The number of rotatable bonds is 6. The van der Waals surface area contributed by atoms with Crippen LogP contribution in [0.4, 0.5) is 13.2 Å². The van der Waals surface area contributed by atoms with Gasteiger partial charge in [0.25, 0.3) is 5.91 Å². The van der Waals surface area contributed by atoms with Gasteiger partial charge in [0.1, 0.15) is 6.54 Å². The third kappa shape index (κ3) is 4.84. The molecule has 140 valence electrons. The van der Waals surface area contributed by atoms with Gasteiger partial charge in [0.15, 0.2) is 5.69 Å². The van der Waals surface area contributed by atoms with Gasteiger partial charge in [-0.05, 0) is 30.2 Å². The Hall–Kier alpha value is -2.84. The van der Waals surface area contributed by atoms with Crippen molar-refractivity contribution >= 4 is 11.9 Å². The molecule has 2 aromatic rings. The molecule has 0 aliphatic rings. The smallest absolute Gasteiger partial charge is 0.435 e. The van der Waals surface area contributed by atoms with Gasteiger partial charge in [0, 0.05) is 18.3 Å². The molecule has 2 rings (SSSR count). The van der Waals surface area contributed by atoms with E-state index in [0.717, 1.165) is 16.9 Å². The fraction of sp³-hybridized carbons (Fsp3) is 0.353. The summed E-state index contributed by atoms with van der Waals surface area (Å²) in [5.74, 6) is -1.59. The van der Waals surface area contributed by atoms with Crippen molar-refractivity contribution in [2.45, 2.75) is 20.0 Å². The van der Waals surface area contributed by atoms with Gasteiger partial charge in [-0.3, -0.25) is 9.59 Å². The summed E-state index contributed by atoms with van der Waals surface area (Å²) in [6.45, 7) is 3.48. The van der Waals surface area contributed by atoms with Crippen molar-refractivity contribution in [1.82, 2.24) is 14.7 Å². The first-order valence-corrected chi connectivity index (χ1v) is 7.82. The highest BCUT2D eigenvalue weighted by Crippen LogP contribution is 2.28. The summed E-state index contributed by atoms with van der Waals surface area (Å²) in [4.78, 5) is 24.8. The van der Waals surface area contributed by atoms with Crippen molar-refractivity contribution in [3.8, 4) is 5.69 Å². The monoisotopic (exact) mass is 369 g/mol. The fourth-order valence-corrected chi connectivity index (χ4v) is 2.41. The van der Waals surface area contributed by atoms with Crippen LogP contribution in [0.1, 0.15) is 29.9 Å². The van der Waals surface area contributed by atoms with Crippen LogP contribution < -0.4 is 0 Å². The molecule has 0 fully saturated rings. The van der Waals surface area contributed by atoms with Crippen LogP contribution in [-0.2, 0) is 11.0 Å². The standard InChI is InChI=1S/C17H18F3N3O3/c1-11(2)9-22(10-15(24)25)16(26)12-4-3-5-13(8-12)23-7-6-14(21-23)17(18,19)20/h3-8,11H,9-10H2,1-2H3,(H,24,25). The van der Waals surface area contributed by atoms with Crippen LogP contribution in [0.25, 0.3) is 5.69 Å². The highest BCUT2D eigenvalue weighted by Gasteiger charge is 2.33. The number of hydrogen-bond donors (Lipinski definition) is 1. The van der Waals surface area contributed by atoms with Crippen LogP contribution >= 0.6 is 0 Å². The number of nitrogens with zero attached hydrogens (tertiary/aromatic N) is 3. The maximum atomic E-state index is 12.7. The summed E-state index contributed by atoms with van der Waals surface area (Å²) >= 11 is 0. The van der Waals surface area contributed by atoms with Crippen LogP contribution in [-0.4, -0.2) is 44.8 Å². The van der Waals surface area contributed by atoms with E-state index in [-0.39, 0.29) is 23.7 Å². The molecule has 0 bridgehead atoms. The summed E-state index contributed by atoms with van der Waals surface area (Å²) in [6, 6.07) is 6.71. The molecule has 9 heteroatoms. The molecule has 0 saturated heterocycles. The first-order valence-electron chi connectivity index (χ1n) is 7.82. The van der Waals surface area contributed by atoms with Crippen molar-refractivity contribution < 1.29 is 27.9 Å². The number of hydrogen-bond acceptors (Lipinski definition) is 3. The van der Waals surface area contributed by atoms with Gasteiger partial charge in [0.2, 0.25) is 0 Å². The van der Waals surface area contributed by atoms with Gasteiger partial charge in [0.05, 0.1) is 5.69 Å². The lowest BCUT2D eigenvalue weighted by Gasteiger charge is -2.23. The van der Waals surface area contributed by atoms with Crippen molar-refractivity contribution in [2.24, 2.45) is 5.92 Å². The molecule has 0 radical (unpaired) electrons. The quantitative estimate of drug-likeness (QED) is 0.849. The Kier molecular flexibility index (Phi) is 5.69. The van der Waals surface area contributed by atoms with Gasteiger partial charge in [-0.25, -0.2) is 4.68 Å². The summed E-state index contributed by atoms with van der Waals surface area (Å²) < 4.78 is 39.1. The molecule has 1 heterocycles. The second-order valence-electron chi connectivity index (χ2n) is 6.17. The number of carboxylic acid groups (broad SMARTS) is 1. The van der Waals surface area contributed by atoms with Gasteiger partial charge in [-0.1, -0.05) is 19.9 Å². The molecule has 26 heavy (non-hydrogen) atoms. The van der Waals surface area contributed by atoms with Crippen LogP contribution in [0.5, 0.6) is 0 Å². The molecule has 1 aromatic carbocycles. The van der Waals surface area contributed by atoms with Gasteiger partial charge < -0.3 is 10.0 Å². The number of carbonyl (C=O) groups excluding carboxylic acids is 1. The minimum Gasteiger partial charge on any atom is -0.480 e. The summed E-state index contributed by atoms with van der Waals surface area (Å²) in [6.07, 6.45) is -3.41. The topological polar surface area (TPSA) is 75.4 Å². The molecule has 0 aliphatic heterocycles. The number of carbonyl (C=O) groups is 2. The zero-order valence-corrected chi connectivity index (χ0v) is 14.2. The number of aliphatic carboxylic acids is 1. The molecule has 6 nitrogen and oxygen atoms in total. The average Bonchev–Trinajstić information content (AvgIpc) is 3.03. The summed E-state index contributed by atoms with van der Waals surface area (Å²) in [5.41, 5.74) is -0.596. The van der Waals surface area contributed by atoms with Gasteiger partial charge in [-0.15, -0.1) is 0 Å². The van der Waals surface area contributed by atoms with E-state index in [2.05, 4.69) is 5.10 Å². The molecule has 0 atom stereocenters. The predicted molar refractivity (Wildman–Crippen MR) is 86.9 cm³/mol. The van der Waals surface area contributed by atoms with Gasteiger partial charge >= 0.3 is 12.1 Å². The van der Waals surface area contributed by atoms with Crippen LogP contribution in [0.2, 0.25) is 0 Å². The number of amides is 1. The Morgan fingerprint density at radius 2 is 1.96 bits per heavy atom. The molecule has 1 aromatic heterocycles. The number of alkyl halides is 3. The maximum Gasteiger partial charge on any atom is 0.435 e. The SMILES string of the molecule is CC(C)CN(CC(=O)O)C(=O)c1cccc(-n2ccc(C(F)(F)F)n2)c1. The Labute approximate surface area is 147 Å². The number of halogens is 3. The first-order chi connectivity index (χ1) is 12.1. The van der Waals surface area contributed by atoms with E-state index in [0.29, 0.717) is 0 Å². The molecule has 1 amide bonds. The number of carboxylic acids is 1. The third-order valence-corrected chi connectivity index (χ3v) is 3.44. The second kappa shape index (κ2) is 7.59.